The van der Waals surface area contributed by atoms with Gasteiger partial charge >= 0.3 is 12.0 Å². The van der Waals surface area contributed by atoms with E-state index in [2.05, 4.69) is 5.32 Å². The normalized spacial score (nSPS) is 11.4. The Hall–Kier alpha value is -2.41. The van der Waals surface area contributed by atoms with Crippen LogP contribution in [0.3, 0.4) is 0 Å². The number of hydrogen-bond donors (Lipinski definition) is 3. The number of benzene rings is 1. The average molecular weight is 315 g/mol. The second kappa shape index (κ2) is 6.85. The van der Waals surface area contributed by atoms with Crippen LogP contribution in [-0.4, -0.2) is 23.0 Å². The van der Waals surface area contributed by atoms with E-state index in [9.17, 15) is 18.8 Å². The molecule has 0 aliphatic rings. The number of imide groups is 1. The van der Waals surface area contributed by atoms with Crippen molar-refractivity contribution < 1.29 is 23.9 Å². The van der Waals surface area contributed by atoms with Crippen LogP contribution in [0.4, 0.5) is 14.9 Å². The monoisotopic (exact) mass is 314 g/mol. The van der Waals surface area contributed by atoms with E-state index in [0.717, 1.165) is 12.1 Å². The summed E-state index contributed by atoms with van der Waals surface area (Å²) < 4.78 is 13.1. The SMILES string of the molecule is C/C(C(=O)O)=C(/C)C(=O)NC(=O)Nc1cc(F)cc(Cl)c1. The molecule has 0 aromatic heterocycles. The summed E-state index contributed by atoms with van der Waals surface area (Å²) in [6.07, 6.45) is 0. The van der Waals surface area contributed by atoms with Gasteiger partial charge in [-0.05, 0) is 32.0 Å². The molecule has 1 aromatic carbocycles. The number of rotatable bonds is 3. The summed E-state index contributed by atoms with van der Waals surface area (Å²) in [4.78, 5) is 33.9. The Balaban J connectivity index is 2.76. The number of carboxylic acids is 1. The highest BCUT2D eigenvalue weighted by atomic mass is 35.5. The van der Waals surface area contributed by atoms with Crippen LogP contribution >= 0.6 is 11.6 Å². The molecule has 3 N–H and O–H groups in total. The molecule has 0 unspecified atom stereocenters. The number of nitrogens with one attached hydrogen (secondary N) is 2. The standard InChI is InChI=1S/C13H12ClFN2O4/c1-6(7(2)12(19)20)11(18)17-13(21)16-10-4-8(14)3-9(15)5-10/h3-5H,1-2H3,(H,19,20)(H2,16,17,18,21)/b7-6+. The molecule has 0 radical (unpaired) electrons. The van der Waals surface area contributed by atoms with Gasteiger partial charge in [0.25, 0.3) is 5.91 Å². The first-order valence-corrected chi connectivity index (χ1v) is 6.07. The van der Waals surface area contributed by atoms with E-state index >= 15 is 0 Å². The first kappa shape index (κ1) is 16.6. The van der Waals surface area contributed by atoms with Crippen LogP contribution in [0, 0.1) is 5.82 Å². The quantitative estimate of drug-likeness (QED) is 0.747. The van der Waals surface area contributed by atoms with E-state index in [1.807, 2.05) is 5.32 Å². The summed E-state index contributed by atoms with van der Waals surface area (Å²) in [5.41, 5.74) is -0.245. The smallest absolute Gasteiger partial charge is 0.331 e. The summed E-state index contributed by atoms with van der Waals surface area (Å²) in [5.74, 6) is -2.78. The Labute approximate surface area is 124 Å². The van der Waals surface area contributed by atoms with Crippen molar-refractivity contribution >= 4 is 35.2 Å². The van der Waals surface area contributed by atoms with E-state index in [4.69, 9.17) is 16.7 Å². The Bertz CT molecular complexity index is 623. The van der Waals surface area contributed by atoms with Gasteiger partial charge in [-0.15, -0.1) is 0 Å². The fraction of sp³-hybridized carbons (Fsp3) is 0.154. The predicted molar refractivity (Wildman–Crippen MR) is 74.6 cm³/mol. The number of aliphatic carboxylic acids is 1. The van der Waals surface area contributed by atoms with Crippen LogP contribution in [0.25, 0.3) is 0 Å². The van der Waals surface area contributed by atoms with E-state index in [1.54, 1.807) is 0 Å². The summed E-state index contributed by atoms with van der Waals surface area (Å²) in [6, 6.07) is 2.43. The van der Waals surface area contributed by atoms with E-state index in [0.29, 0.717) is 0 Å². The maximum atomic E-state index is 13.1. The molecular formula is C13H12ClFN2O4. The minimum atomic E-state index is -1.26. The Morgan fingerprint density at radius 2 is 1.76 bits per heavy atom. The highest BCUT2D eigenvalue weighted by Gasteiger charge is 2.15. The van der Waals surface area contributed by atoms with Gasteiger partial charge in [0.1, 0.15) is 5.82 Å². The van der Waals surface area contributed by atoms with Gasteiger partial charge in [-0.1, -0.05) is 11.6 Å². The third-order valence-electron chi connectivity index (χ3n) is 2.57. The van der Waals surface area contributed by atoms with Crippen LogP contribution in [0.1, 0.15) is 13.8 Å². The number of anilines is 1. The zero-order chi connectivity index (χ0) is 16.2. The molecule has 8 heteroatoms. The van der Waals surface area contributed by atoms with Gasteiger partial charge < -0.3 is 10.4 Å². The van der Waals surface area contributed by atoms with Crippen molar-refractivity contribution in [2.24, 2.45) is 0 Å². The minimum Gasteiger partial charge on any atom is -0.478 e. The van der Waals surface area contributed by atoms with Crippen molar-refractivity contribution in [2.45, 2.75) is 13.8 Å². The van der Waals surface area contributed by atoms with E-state index in [1.165, 1.54) is 19.9 Å². The highest BCUT2D eigenvalue weighted by molar-refractivity contribution is 6.31. The molecule has 0 aliphatic heterocycles. The third kappa shape index (κ3) is 4.88. The van der Waals surface area contributed by atoms with E-state index in [-0.39, 0.29) is 21.9 Å². The van der Waals surface area contributed by atoms with Crippen molar-refractivity contribution in [1.82, 2.24) is 5.32 Å². The van der Waals surface area contributed by atoms with Gasteiger partial charge in [-0.3, -0.25) is 10.1 Å². The molecular weight excluding hydrogens is 303 g/mol. The molecule has 112 valence electrons. The molecule has 1 aromatic rings. The minimum absolute atomic E-state index is 0.0573. The lowest BCUT2D eigenvalue weighted by Gasteiger charge is -2.08. The second-order valence-electron chi connectivity index (χ2n) is 4.12. The number of carbonyl (C=O) groups is 3. The fourth-order valence-electron chi connectivity index (χ4n) is 1.32. The number of halogens is 2. The van der Waals surface area contributed by atoms with Crippen molar-refractivity contribution in [3.8, 4) is 0 Å². The largest absolute Gasteiger partial charge is 0.478 e. The molecule has 0 heterocycles. The van der Waals surface area contributed by atoms with Gasteiger partial charge in [0.15, 0.2) is 0 Å². The third-order valence-corrected chi connectivity index (χ3v) is 2.79. The van der Waals surface area contributed by atoms with Gasteiger partial charge in [0, 0.05) is 21.9 Å². The lowest BCUT2D eigenvalue weighted by Crippen LogP contribution is -2.35. The molecule has 0 saturated heterocycles. The van der Waals surface area contributed by atoms with Gasteiger partial charge in [0.2, 0.25) is 0 Å². The first-order valence-electron chi connectivity index (χ1n) is 5.70. The molecule has 21 heavy (non-hydrogen) atoms. The Kier molecular flexibility index (Phi) is 5.43. The summed E-state index contributed by atoms with van der Waals surface area (Å²) in [6.45, 7) is 2.51. The number of amides is 3. The van der Waals surface area contributed by atoms with Crippen LogP contribution in [0.2, 0.25) is 5.02 Å². The Morgan fingerprint density at radius 1 is 1.14 bits per heavy atom. The Morgan fingerprint density at radius 3 is 2.29 bits per heavy atom. The zero-order valence-electron chi connectivity index (χ0n) is 11.2. The van der Waals surface area contributed by atoms with Gasteiger partial charge in [0.05, 0.1) is 0 Å². The second-order valence-corrected chi connectivity index (χ2v) is 4.56. The first-order chi connectivity index (χ1) is 9.70. The molecule has 0 spiro atoms. The summed E-state index contributed by atoms with van der Waals surface area (Å²) in [5, 5.41) is 13.0. The predicted octanol–water partition coefficient (Wildman–Crippen LogP) is 2.55. The molecule has 0 fully saturated rings. The summed E-state index contributed by atoms with van der Waals surface area (Å²) >= 11 is 5.61. The molecule has 1 rings (SSSR count). The molecule has 0 aliphatic carbocycles. The molecule has 6 nitrogen and oxygen atoms in total. The highest BCUT2D eigenvalue weighted by Crippen LogP contribution is 2.17. The fourth-order valence-corrected chi connectivity index (χ4v) is 1.54. The van der Waals surface area contributed by atoms with Crippen molar-refractivity contribution in [1.29, 1.82) is 0 Å². The topological polar surface area (TPSA) is 95.5 Å². The van der Waals surface area contributed by atoms with Crippen molar-refractivity contribution in [3.05, 3.63) is 40.2 Å². The lowest BCUT2D eigenvalue weighted by atomic mass is 10.1. The van der Waals surface area contributed by atoms with Crippen LogP contribution < -0.4 is 10.6 Å². The number of urea groups is 1. The van der Waals surface area contributed by atoms with Crippen LogP contribution in [0.5, 0.6) is 0 Å². The van der Waals surface area contributed by atoms with Crippen LogP contribution in [-0.2, 0) is 9.59 Å². The zero-order valence-corrected chi connectivity index (χ0v) is 11.9. The van der Waals surface area contributed by atoms with Crippen LogP contribution in [0.15, 0.2) is 29.3 Å². The number of hydrogen-bond acceptors (Lipinski definition) is 3. The molecule has 0 saturated carbocycles. The van der Waals surface area contributed by atoms with E-state index < -0.39 is 23.7 Å². The van der Waals surface area contributed by atoms with Crippen molar-refractivity contribution in [2.75, 3.05) is 5.32 Å². The maximum Gasteiger partial charge on any atom is 0.331 e. The molecule has 0 atom stereocenters. The number of carbonyl (C=O) groups excluding carboxylic acids is 2. The van der Waals surface area contributed by atoms with Gasteiger partial charge in [-0.25, -0.2) is 14.0 Å². The van der Waals surface area contributed by atoms with Gasteiger partial charge in [-0.2, -0.15) is 0 Å². The lowest BCUT2D eigenvalue weighted by molar-refractivity contribution is -0.133. The van der Waals surface area contributed by atoms with Crippen molar-refractivity contribution in [3.63, 3.8) is 0 Å². The number of carboxylic acid groups (broad SMARTS) is 1. The maximum absolute atomic E-state index is 13.1. The molecule has 0 bridgehead atoms. The summed E-state index contributed by atoms with van der Waals surface area (Å²) in [7, 11) is 0. The molecule has 3 amide bonds. The average Bonchev–Trinajstić information content (AvgIpc) is 2.35.